The summed E-state index contributed by atoms with van der Waals surface area (Å²) < 4.78 is 2.25. The van der Waals surface area contributed by atoms with Crippen molar-refractivity contribution in [2.24, 2.45) is 0 Å². The molecule has 0 amide bonds. The van der Waals surface area contributed by atoms with E-state index in [9.17, 15) is 15.3 Å². The average molecular weight is 358 g/mol. The first kappa shape index (κ1) is 19.0. The number of hydrogen-bond acceptors (Lipinski definition) is 4. The first-order valence-corrected chi connectivity index (χ1v) is 9.66. The standard InChI is InChI=1S/C21H30N2O3/c1-3-6-20(26)22(4-2)16-10-8-15(9-11-16)21-18(14-25)17(13-24)19-7-5-12-23(19)21/h8-11,20,24-26H,3-7,12-14H2,1-2H3. The van der Waals surface area contributed by atoms with Gasteiger partial charge in [0.2, 0.25) is 0 Å². The maximum Gasteiger partial charge on any atom is 0.126 e. The van der Waals surface area contributed by atoms with E-state index in [2.05, 4.69) is 23.6 Å². The Labute approximate surface area is 155 Å². The van der Waals surface area contributed by atoms with Gasteiger partial charge in [0.1, 0.15) is 6.23 Å². The van der Waals surface area contributed by atoms with Crippen molar-refractivity contribution in [3.63, 3.8) is 0 Å². The molecular formula is C21H30N2O3. The van der Waals surface area contributed by atoms with Crippen molar-refractivity contribution in [2.75, 3.05) is 11.4 Å². The van der Waals surface area contributed by atoms with Gasteiger partial charge in [-0.2, -0.15) is 0 Å². The molecule has 1 unspecified atom stereocenters. The summed E-state index contributed by atoms with van der Waals surface area (Å²) in [5.74, 6) is 0. The quantitative estimate of drug-likeness (QED) is 0.635. The molecule has 5 heteroatoms. The van der Waals surface area contributed by atoms with Crippen LogP contribution in [-0.4, -0.2) is 32.7 Å². The van der Waals surface area contributed by atoms with Gasteiger partial charge in [0, 0.05) is 35.6 Å². The molecule has 1 atom stereocenters. The molecule has 0 aliphatic carbocycles. The van der Waals surface area contributed by atoms with Gasteiger partial charge in [-0.1, -0.05) is 25.5 Å². The summed E-state index contributed by atoms with van der Waals surface area (Å²) in [6.45, 7) is 5.69. The fourth-order valence-corrected chi connectivity index (χ4v) is 4.19. The van der Waals surface area contributed by atoms with Gasteiger partial charge in [-0.3, -0.25) is 0 Å². The van der Waals surface area contributed by atoms with Gasteiger partial charge >= 0.3 is 0 Å². The maximum absolute atomic E-state index is 10.4. The lowest BCUT2D eigenvalue weighted by Gasteiger charge is -2.29. The number of rotatable bonds is 8. The van der Waals surface area contributed by atoms with Crippen molar-refractivity contribution in [1.29, 1.82) is 0 Å². The van der Waals surface area contributed by atoms with Crippen molar-refractivity contribution < 1.29 is 15.3 Å². The Bertz CT molecular complexity index is 737. The number of aliphatic hydroxyl groups is 3. The Kier molecular flexibility index (Phi) is 6.01. The number of aromatic nitrogens is 1. The van der Waals surface area contributed by atoms with E-state index in [0.717, 1.165) is 72.5 Å². The fourth-order valence-electron chi connectivity index (χ4n) is 4.19. The predicted molar refractivity (Wildman–Crippen MR) is 104 cm³/mol. The van der Waals surface area contributed by atoms with Gasteiger partial charge in [-0.15, -0.1) is 0 Å². The van der Waals surface area contributed by atoms with Gasteiger partial charge in [-0.05, 0) is 43.9 Å². The summed E-state index contributed by atoms with van der Waals surface area (Å²) in [7, 11) is 0. The molecule has 2 heterocycles. The molecule has 3 N–H and O–H groups in total. The Morgan fingerprint density at radius 3 is 2.35 bits per heavy atom. The first-order chi connectivity index (χ1) is 12.7. The van der Waals surface area contributed by atoms with E-state index in [1.165, 1.54) is 0 Å². The zero-order valence-electron chi connectivity index (χ0n) is 15.8. The molecule has 0 saturated heterocycles. The van der Waals surface area contributed by atoms with Gasteiger partial charge < -0.3 is 24.8 Å². The molecule has 0 radical (unpaired) electrons. The summed E-state index contributed by atoms with van der Waals surface area (Å²) >= 11 is 0. The third-order valence-corrected chi connectivity index (χ3v) is 5.43. The molecule has 0 saturated carbocycles. The lowest BCUT2D eigenvalue weighted by molar-refractivity contribution is 0.159. The normalized spacial score (nSPS) is 14.5. The second-order valence-electron chi connectivity index (χ2n) is 6.93. The van der Waals surface area contributed by atoms with Crippen LogP contribution in [0.4, 0.5) is 5.69 Å². The van der Waals surface area contributed by atoms with Crippen molar-refractivity contribution in [2.45, 2.75) is 65.5 Å². The molecule has 26 heavy (non-hydrogen) atoms. The summed E-state index contributed by atoms with van der Waals surface area (Å²) in [6.07, 6.45) is 3.24. The van der Waals surface area contributed by atoms with Crippen LogP contribution in [0.1, 0.15) is 49.9 Å². The van der Waals surface area contributed by atoms with Crippen LogP contribution in [0.3, 0.4) is 0 Å². The highest BCUT2D eigenvalue weighted by Crippen LogP contribution is 2.36. The summed E-state index contributed by atoms with van der Waals surface area (Å²) in [5, 5.41) is 30.0. The van der Waals surface area contributed by atoms with E-state index >= 15 is 0 Å². The Balaban J connectivity index is 1.97. The molecule has 5 nitrogen and oxygen atoms in total. The van der Waals surface area contributed by atoms with Gasteiger partial charge in [0.15, 0.2) is 0 Å². The van der Waals surface area contributed by atoms with Gasteiger partial charge in [0.25, 0.3) is 0 Å². The summed E-state index contributed by atoms with van der Waals surface area (Å²) in [5.41, 5.74) is 5.95. The topological polar surface area (TPSA) is 68.9 Å². The molecule has 1 aromatic carbocycles. The molecule has 142 valence electrons. The average Bonchev–Trinajstić information content (AvgIpc) is 3.22. The number of aliphatic hydroxyl groups excluding tert-OH is 3. The number of hydrogen-bond donors (Lipinski definition) is 3. The lowest BCUT2D eigenvalue weighted by atomic mass is 10.0. The molecule has 1 aliphatic rings. The SMILES string of the molecule is CCCC(O)N(CC)c1ccc(-c2c(CO)c(CO)c3n2CCC3)cc1. The van der Waals surface area contributed by atoms with E-state index in [0.29, 0.717) is 0 Å². The highest BCUT2D eigenvalue weighted by Gasteiger charge is 2.25. The van der Waals surface area contributed by atoms with E-state index < -0.39 is 6.23 Å². The largest absolute Gasteiger partial charge is 0.392 e. The van der Waals surface area contributed by atoms with Gasteiger partial charge in [0.05, 0.1) is 18.9 Å². The van der Waals surface area contributed by atoms with Crippen LogP contribution in [0.2, 0.25) is 0 Å². The summed E-state index contributed by atoms with van der Waals surface area (Å²) in [6, 6.07) is 8.18. The van der Waals surface area contributed by atoms with Crippen LogP contribution >= 0.6 is 0 Å². The van der Waals surface area contributed by atoms with Crippen LogP contribution in [-0.2, 0) is 26.2 Å². The number of benzene rings is 1. The van der Waals surface area contributed by atoms with Crippen molar-refractivity contribution >= 4 is 5.69 Å². The minimum atomic E-state index is -0.470. The van der Waals surface area contributed by atoms with Gasteiger partial charge in [-0.25, -0.2) is 0 Å². The van der Waals surface area contributed by atoms with Crippen LogP contribution < -0.4 is 4.90 Å². The highest BCUT2D eigenvalue weighted by molar-refractivity contribution is 5.70. The van der Waals surface area contributed by atoms with E-state index in [1.807, 2.05) is 24.0 Å². The Morgan fingerprint density at radius 2 is 1.77 bits per heavy atom. The Morgan fingerprint density at radius 1 is 1.08 bits per heavy atom. The van der Waals surface area contributed by atoms with Crippen molar-refractivity contribution in [3.8, 4) is 11.3 Å². The molecule has 2 aromatic rings. The second kappa shape index (κ2) is 8.25. The second-order valence-corrected chi connectivity index (χ2v) is 6.93. The monoisotopic (exact) mass is 358 g/mol. The first-order valence-electron chi connectivity index (χ1n) is 9.66. The van der Waals surface area contributed by atoms with Crippen LogP contribution in [0, 0.1) is 0 Å². The third-order valence-electron chi connectivity index (χ3n) is 5.43. The molecule has 1 aromatic heterocycles. The number of anilines is 1. The van der Waals surface area contributed by atoms with Crippen molar-refractivity contribution in [3.05, 3.63) is 41.1 Å². The van der Waals surface area contributed by atoms with E-state index in [-0.39, 0.29) is 13.2 Å². The fraction of sp³-hybridized carbons (Fsp3) is 0.524. The Hall–Kier alpha value is -1.82. The maximum atomic E-state index is 10.4. The van der Waals surface area contributed by atoms with Crippen LogP contribution in [0.25, 0.3) is 11.3 Å². The van der Waals surface area contributed by atoms with Crippen LogP contribution in [0.5, 0.6) is 0 Å². The third kappa shape index (κ3) is 3.27. The lowest BCUT2D eigenvalue weighted by Crippen LogP contribution is -2.34. The molecular weight excluding hydrogens is 328 g/mol. The minimum absolute atomic E-state index is 0.0316. The number of nitrogens with zero attached hydrogens (tertiary/aromatic N) is 2. The van der Waals surface area contributed by atoms with Crippen molar-refractivity contribution in [1.82, 2.24) is 4.57 Å². The predicted octanol–water partition coefficient (Wildman–Crippen LogP) is 3.03. The highest BCUT2D eigenvalue weighted by atomic mass is 16.3. The summed E-state index contributed by atoms with van der Waals surface area (Å²) in [4.78, 5) is 2.00. The zero-order chi connectivity index (χ0) is 18.7. The smallest absolute Gasteiger partial charge is 0.126 e. The number of fused-ring (bicyclic) bond motifs is 1. The van der Waals surface area contributed by atoms with E-state index in [1.54, 1.807) is 0 Å². The molecule has 0 spiro atoms. The molecule has 1 aliphatic heterocycles. The molecule has 0 fully saturated rings. The molecule has 0 bridgehead atoms. The van der Waals surface area contributed by atoms with E-state index in [4.69, 9.17) is 0 Å². The zero-order valence-corrected chi connectivity index (χ0v) is 15.8. The molecule has 3 rings (SSSR count). The van der Waals surface area contributed by atoms with Crippen LogP contribution in [0.15, 0.2) is 24.3 Å². The minimum Gasteiger partial charge on any atom is -0.392 e.